The first-order valence-corrected chi connectivity index (χ1v) is 7.29. The van der Waals surface area contributed by atoms with Gasteiger partial charge in [0.2, 0.25) is 5.91 Å². The first-order chi connectivity index (χ1) is 9.54. The molecule has 0 aromatic heterocycles. The summed E-state index contributed by atoms with van der Waals surface area (Å²) in [5, 5.41) is 2.40. The molecule has 2 aromatic carbocycles. The topological polar surface area (TPSA) is 29.1 Å². The summed E-state index contributed by atoms with van der Waals surface area (Å²) < 4.78 is 13.6. The number of alkyl halides is 1. The fraction of sp³-hybridized carbons (Fsp3) is 0.133. The maximum atomic E-state index is 13.3. The third-order valence-corrected chi connectivity index (χ3v) is 4.40. The molecule has 0 saturated carbocycles. The lowest BCUT2D eigenvalue weighted by molar-refractivity contribution is -0.115. The number of hydrogen-bond acceptors (Lipinski definition) is 1. The van der Waals surface area contributed by atoms with Gasteiger partial charge in [-0.25, -0.2) is 4.39 Å². The SMILES string of the molecule is O=C1Cc2cc(C(Cl)c3ccc(F)c(Br)c3)ccc2N1. The highest BCUT2D eigenvalue weighted by Crippen LogP contribution is 2.34. The number of amides is 1. The molecular weight excluding hydrogens is 345 g/mol. The summed E-state index contributed by atoms with van der Waals surface area (Å²) >= 11 is 9.60. The molecule has 2 aromatic rings. The second-order valence-corrected chi connectivity index (χ2v) is 5.97. The van der Waals surface area contributed by atoms with E-state index in [0.717, 1.165) is 22.4 Å². The van der Waals surface area contributed by atoms with Crippen LogP contribution in [0.5, 0.6) is 0 Å². The van der Waals surface area contributed by atoms with E-state index in [1.165, 1.54) is 6.07 Å². The van der Waals surface area contributed by atoms with Crippen LogP contribution in [0, 0.1) is 5.82 Å². The first kappa shape index (κ1) is 13.6. The number of anilines is 1. The van der Waals surface area contributed by atoms with E-state index in [-0.39, 0.29) is 17.1 Å². The van der Waals surface area contributed by atoms with E-state index < -0.39 is 0 Å². The zero-order valence-corrected chi connectivity index (χ0v) is 12.6. The average molecular weight is 355 g/mol. The van der Waals surface area contributed by atoms with Gasteiger partial charge in [0.25, 0.3) is 0 Å². The van der Waals surface area contributed by atoms with Crippen molar-refractivity contribution in [1.29, 1.82) is 0 Å². The van der Waals surface area contributed by atoms with Crippen molar-refractivity contribution in [3.63, 3.8) is 0 Å². The predicted molar refractivity (Wildman–Crippen MR) is 80.6 cm³/mol. The van der Waals surface area contributed by atoms with Crippen molar-refractivity contribution in [3.05, 3.63) is 63.4 Å². The van der Waals surface area contributed by atoms with Gasteiger partial charge < -0.3 is 5.32 Å². The molecule has 0 spiro atoms. The van der Waals surface area contributed by atoms with Gasteiger partial charge in [0.15, 0.2) is 0 Å². The summed E-state index contributed by atoms with van der Waals surface area (Å²) in [4.78, 5) is 11.3. The van der Waals surface area contributed by atoms with Crippen molar-refractivity contribution < 1.29 is 9.18 Å². The van der Waals surface area contributed by atoms with Gasteiger partial charge in [-0.3, -0.25) is 4.79 Å². The van der Waals surface area contributed by atoms with Gasteiger partial charge in [-0.1, -0.05) is 18.2 Å². The normalized spacial score (nSPS) is 14.8. The molecule has 2 nitrogen and oxygen atoms in total. The number of halogens is 3. The van der Waals surface area contributed by atoms with E-state index in [0.29, 0.717) is 10.9 Å². The number of nitrogens with one attached hydrogen (secondary N) is 1. The summed E-state index contributed by atoms with van der Waals surface area (Å²) in [6.45, 7) is 0. The van der Waals surface area contributed by atoms with Gasteiger partial charge in [-0.15, -0.1) is 11.6 Å². The molecule has 1 aliphatic rings. The smallest absolute Gasteiger partial charge is 0.228 e. The van der Waals surface area contributed by atoms with E-state index in [1.54, 1.807) is 12.1 Å². The first-order valence-electron chi connectivity index (χ1n) is 6.06. The minimum Gasteiger partial charge on any atom is -0.326 e. The van der Waals surface area contributed by atoms with E-state index in [1.807, 2.05) is 18.2 Å². The monoisotopic (exact) mass is 353 g/mol. The maximum absolute atomic E-state index is 13.3. The molecule has 0 radical (unpaired) electrons. The molecule has 5 heteroatoms. The number of fused-ring (bicyclic) bond motifs is 1. The van der Waals surface area contributed by atoms with Crippen LogP contribution in [0.4, 0.5) is 10.1 Å². The Morgan fingerprint density at radius 1 is 1.20 bits per heavy atom. The summed E-state index contributed by atoms with van der Waals surface area (Å²) in [6.07, 6.45) is 0.375. The summed E-state index contributed by atoms with van der Waals surface area (Å²) in [6, 6.07) is 10.4. The minimum absolute atomic E-state index is 0.00667. The molecule has 1 atom stereocenters. The summed E-state index contributed by atoms with van der Waals surface area (Å²) in [5.41, 5.74) is 3.47. The standard InChI is InChI=1S/C15H10BrClFNO/c16-11-6-9(1-3-12(11)18)15(17)8-2-4-13-10(5-8)7-14(20)19-13/h1-6,15H,7H2,(H,19,20). The molecule has 3 rings (SSSR count). The van der Waals surface area contributed by atoms with Crippen LogP contribution in [0.15, 0.2) is 40.9 Å². The Morgan fingerprint density at radius 3 is 2.65 bits per heavy atom. The second-order valence-electron chi connectivity index (χ2n) is 4.68. The zero-order valence-electron chi connectivity index (χ0n) is 10.3. The number of carbonyl (C=O) groups excluding carboxylic acids is 1. The van der Waals surface area contributed by atoms with Crippen LogP contribution in [0.3, 0.4) is 0 Å². The second kappa shape index (κ2) is 5.19. The molecule has 1 N–H and O–H groups in total. The Hall–Kier alpha value is -1.39. The van der Waals surface area contributed by atoms with Crippen molar-refractivity contribution in [2.45, 2.75) is 11.8 Å². The van der Waals surface area contributed by atoms with Gasteiger partial charge in [0.1, 0.15) is 5.82 Å². The Morgan fingerprint density at radius 2 is 1.90 bits per heavy atom. The highest BCUT2D eigenvalue weighted by Gasteiger charge is 2.20. The van der Waals surface area contributed by atoms with Gasteiger partial charge in [-0.2, -0.15) is 0 Å². The Kier molecular flexibility index (Phi) is 3.52. The highest BCUT2D eigenvalue weighted by atomic mass is 79.9. The summed E-state index contributed by atoms with van der Waals surface area (Å²) in [5.74, 6) is -0.325. The molecule has 20 heavy (non-hydrogen) atoms. The fourth-order valence-corrected chi connectivity index (χ4v) is 2.94. The van der Waals surface area contributed by atoms with Crippen molar-refractivity contribution in [1.82, 2.24) is 0 Å². The Labute approximate surface area is 129 Å². The molecular formula is C15H10BrClFNO. The van der Waals surface area contributed by atoms with Gasteiger partial charge in [0.05, 0.1) is 16.3 Å². The van der Waals surface area contributed by atoms with Crippen molar-refractivity contribution in [2.75, 3.05) is 5.32 Å². The van der Waals surface area contributed by atoms with Crippen LogP contribution >= 0.6 is 27.5 Å². The van der Waals surface area contributed by atoms with E-state index in [4.69, 9.17) is 11.6 Å². The van der Waals surface area contributed by atoms with E-state index in [9.17, 15) is 9.18 Å². The molecule has 0 aliphatic carbocycles. The maximum Gasteiger partial charge on any atom is 0.228 e. The lowest BCUT2D eigenvalue weighted by Crippen LogP contribution is -2.03. The third kappa shape index (κ3) is 2.45. The highest BCUT2D eigenvalue weighted by molar-refractivity contribution is 9.10. The van der Waals surface area contributed by atoms with E-state index >= 15 is 0 Å². The number of hydrogen-bond donors (Lipinski definition) is 1. The van der Waals surface area contributed by atoms with Crippen molar-refractivity contribution in [2.24, 2.45) is 0 Å². The fourth-order valence-electron chi connectivity index (χ4n) is 2.27. The van der Waals surface area contributed by atoms with Crippen LogP contribution in [-0.2, 0) is 11.2 Å². The molecule has 1 heterocycles. The molecule has 0 saturated heterocycles. The molecule has 1 aliphatic heterocycles. The molecule has 1 unspecified atom stereocenters. The predicted octanol–water partition coefficient (Wildman–Crippen LogP) is 4.41. The molecule has 1 amide bonds. The lowest BCUT2D eigenvalue weighted by Gasteiger charge is -2.12. The lowest BCUT2D eigenvalue weighted by atomic mass is 10.0. The quantitative estimate of drug-likeness (QED) is 0.795. The largest absolute Gasteiger partial charge is 0.326 e. The van der Waals surface area contributed by atoms with Crippen LogP contribution in [-0.4, -0.2) is 5.91 Å². The Bertz CT molecular complexity index is 704. The Balaban J connectivity index is 1.94. The number of benzene rings is 2. The van der Waals surface area contributed by atoms with Gasteiger partial charge in [-0.05, 0) is 50.8 Å². The molecule has 102 valence electrons. The molecule has 0 bridgehead atoms. The van der Waals surface area contributed by atoms with Gasteiger partial charge >= 0.3 is 0 Å². The average Bonchev–Trinajstić information content (AvgIpc) is 2.80. The van der Waals surface area contributed by atoms with E-state index in [2.05, 4.69) is 21.2 Å². The number of rotatable bonds is 2. The minimum atomic E-state index is -0.382. The van der Waals surface area contributed by atoms with Crippen molar-refractivity contribution in [3.8, 4) is 0 Å². The van der Waals surface area contributed by atoms with Crippen LogP contribution < -0.4 is 5.32 Å². The summed E-state index contributed by atoms with van der Waals surface area (Å²) in [7, 11) is 0. The zero-order chi connectivity index (χ0) is 14.3. The van der Waals surface area contributed by atoms with Crippen LogP contribution in [0.1, 0.15) is 22.1 Å². The van der Waals surface area contributed by atoms with Crippen molar-refractivity contribution >= 4 is 39.1 Å². The number of carbonyl (C=O) groups is 1. The van der Waals surface area contributed by atoms with Crippen LogP contribution in [0.2, 0.25) is 0 Å². The van der Waals surface area contributed by atoms with Crippen LogP contribution in [0.25, 0.3) is 0 Å². The van der Waals surface area contributed by atoms with Gasteiger partial charge in [0, 0.05) is 5.69 Å². The third-order valence-electron chi connectivity index (χ3n) is 3.28. The molecule has 0 fully saturated rings.